The summed E-state index contributed by atoms with van der Waals surface area (Å²) < 4.78 is 0. The van der Waals surface area contributed by atoms with Crippen LogP contribution in [0.4, 0.5) is 0 Å². The number of carbonyl (C=O) groups excluding carboxylic acids is 1. The molecule has 1 heterocycles. The van der Waals surface area contributed by atoms with Crippen molar-refractivity contribution < 1.29 is 4.79 Å². The van der Waals surface area contributed by atoms with Crippen molar-refractivity contribution in [2.24, 2.45) is 5.92 Å². The van der Waals surface area contributed by atoms with Gasteiger partial charge in [-0.25, -0.2) is 0 Å². The van der Waals surface area contributed by atoms with Crippen LogP contribution in [0.15, 0.2) is 0 Å². The van der Waals surface area contributed by atoms with Gasteiger partial charge in [0.25, 0.3) is 0 Å². The van der Waals surface area contributed by atoms with Crippen LogP contribution >= 0.6 is 0 Å². The fraction of sp³-hybridized carbons (Fsp3) is 0.857. The second-order valence-corrected chi connectivity index (χ2v) is 2.17. The highest BCUT2D eigenvalue weighted by atomic mass is 16.1. The van der Waals surface area contributed by atoms with Crippen LogP contribution in [0.25, 0.3) is 0 Å². The average molecular weight is 140 g/mol. The largest absolute Gasteiger partial charge is 0.364 e. The van der Waals surface area contributed by atoms with E-state index in [1.54, 1.807) is 0 Å². The van der Waals surface area contributed by atoms with Gasteiger partial charge < -0.3 is 5.32 Å². The fourth-order valence-electron chi connectivity index (χ4n) is 0.787. The molecule has 2 nitrogen and oxygen atoms in total. The van der Waals surface area contributed by atoms with E-state index in [-0.39, 0.29) is 11.8 Å². The highest BCUT2D eigenvalue weighted by Crippen LogP contribution is 2.04. The molecule has 1 N–H and O–H groups in total. The number of hydrogen-bond donors (Lipinski definition) is 1. The van der Waals surface area contributed by atoms with Crippen LogP contribution in [0.2, 0.25) is 6.32 Å². The molecule has 1 radical (unpaired) electrons. The molecule has 57 valence electrons. The van der Waals surface area contributed by atoms with Crippen molar-refractivity contribution in [3.63, 3.8) is 0 Å². The minimum Gasteiger partial charge on any atom is -0.364 e. The quantitative estimate of drug-likeness (QED) is 0.496. The van der Waals surface area contributed by atoms with Crippen LogP contribution in [0.3, 0.4) is 0 Å². The minimum absolute atomic E-state index is 0.188. The summed E-state index contributed by atoms with van der Waals surface area (Å²) in [5.74, 6) is 0.385. The highest BCUT2D eigenvalue weighted by Gasteiger charge is 2.16. The Morgan fingerprint density at radius 3 is 2.50 bits per heavy atom. The van der Waals surface area contributed by atoms with Crippen LogP contribution in [0, 0.1) is 5.92 Å². The van der Waals surface area contributed by atoms with Crippen molar-refractivity contribution in [3.05, 3.63) is 0 Å². The monoisotopic (exact) mass is 140 g/mol. The third-order valence-corrected chi connectivity index (χ3v) is 1.39. The molecular formula is C7H15BNO. The number of carbonyl (C=O) groups is 1. The Kier molecular flexibility index (Phi) is 5.08. The molecule has 0 bridgehead atoms. The topological polar surface area (TPSA) is 29.1 Å². The van der Waals surface area contributed by atoms with Crippen molar-refractivity contribution in [1.82, 2.24) is 5.32 Å². The Bertz CT molecular complexity index is 106. The first-order chi connectivity index (χ1) is 4.80. The third kappa shape index (κ3) is 2.90. The summed E-state index contributed by atoms with van der Waals surface area (Å²) in [4.78, 5) is 10.7. The van der Waals surface area contributed by atoms with Gasteiger partial charge in [0, 0.05) is 5.92 Å². The third-order valence-electron chi connectivity index (χ3n) is 1.39. The Balaban J connectivity index is 0.000000371. The molecule has 10 heavy (non-hydrogen) atoms. The summed E-state index contributed by atoms with van der Waals surface area (Å²) in [6.45, 7) is 5.94. The number of amides is 1. The van der Waals surface area contributed by atoms with Gasteiger partial charge in [-0.15, -0.1) is 0 Å². The molecule has 1 amide bonds. The zero-order chi connectivity index (χ0) is 7.98. The van der Waals surface area contributed by atoms with Gasteiger partial charge in [0.15, 0.2) is 0 Å². The predicted octanol–water partition coefficient (Wildman–Crippen LogP) is 0.858. The Labute approximate surface area is 63.6 Å². The Morgan fingerprint density at radius 1 is 1.60 bits per heavy atom. The van der Waals surface area contributed by atoms with Gasteiger partial charge in [0.1, 0.15) is 7.28 Å². The molecule has 0 aromatic heterocycles. The van der Waals surface area contributed by atoms with Gasteiger partial charge in [-0.3, -0.25) is 4.79 Å². The van der Waals surface area contributed by atoms with Crippen LogP contribution < -0.4 is 5.32 Å². The summed E-state index contributed by atoms with van der Waals surface area (Å²) in [5.41, 5.74) is 0. The van der Waals surface area contributed by atoms with Gasteiger partial charge in [0.2, 0.25) is 5.91 Å². The molecule has 0 saturated carbocycles. The molecule has 0 spiro atoms. The van der Waals surface area contributed by atoms with Gasteiger partial charge in [-0.05, 0) is 6.44 Å². The van der Waals surface area contributed by atoms with Crippen LogP contribution in [-0.2, 0) is 4.79 Å². The average Bonchev–Trinajstić information content (AvgIpc) is 2.00. The van der Waals surface area contributed by atoms with E-state index in [2.05, 4.69) is 12.6 Å². The number of hydrogen-bond acceptors (Lipinski definition) is 1. The Hall–Kier alpha value is -0.465. The summed E-state index contributed by atoms with van der Waals surface area (Å²) in [6.07, 6.45) is 1.69. The standard InChI is InChI=1S/C5H9BNO.C2H6/c1-4-2-6-3-7-5(4)8;1-2/h4H,2-3H2,1H3,(H,7,8);1-2H3. The van der Waals surface area contributed by atoms with Crippen LogP contribution in [-0.4, -0.2) is 19.6 Å². The second kappa shape index (κ2) is 5.33. The van der Waals surface area contributed by atoms with E-state index in [1.807, 2.05) is 20.8 Å². The van der Waals surface area contributed by atoms with Crippen molar-refractivity contribution in [1.29, 1.82) is 0 Å². The normalized spacial score (nSPS) is 23.5. The summed E-state index contributed by atoms with van der Waals surface area (Å²) in [5, 5.41) is 2.74. The SMILES string of the molecule is CC.CC1C[B]CNC1=O. The van der Waals surface area contributed by atoms with E-state index in [4.69, 9.17) is 0 Å². The molecular weight excluding hydrogens is 125 g/mol. The van der Waals surface area contributed by atoms with E-state index in [1.165, 1.54) is 0 Å². The lowest BCUT2D eigenvalue weighted by atomic mass is 9.67. The molecule has 0 aliphatic carbocycles. The molecule has 0 aromatic rings. The maximum absolute atomic E-state index is 10.7. The zero-order valence-electron chi connectivity index (χ0n) is 6.98. The van der Waals surface area contributed by atoms with Gasteiger partial charge >= 0.3 is 0 Å². The number of nitrogens with one attached hydrogen (secondary N) is 1. The fourth-order valence-corrected chi connectivity index (χ4v) is 0.787. The van der Waals surface area contributed by atoms with Crippen molar-refractivity contribution >= 4 is 13.2 Å². The van der Waals surface area contributed by atoms with E-state index >= 15 is 0 Å². The first-order valence-corrected chi connectivity index (χ1v) is 3.90. The van der Waals surface area contributed by atoms with Crippen molar-refractivity contribution in [2.75, 3.05) is 6.44 Å². The van der Waals surface area contributed by atoms with Crippen LogP contribution in [0.1, 0.15) is 20.8 Å². The van der Waals surface area contributed by atoms with Gasteiger partial charge in [-0.2, -0.15) is 0 Å². The maximum atomic E-state index is 10.7. The lowest BCUT2D eigenvalue weighted by molar-refractivity contribution is -0.124. The maximum Gasteiger partial charge on any atom is 0.221 e. The molecule has 1 aliphatic rings. The summed E-state index contributed by atoms with van der Waals surface area (Å²) >= 11 is 0. The second-order valence-electron chi connectivity index (χ2n) is 2.17. The summed E-state index contributed by atoms with van der Waals surface area (Å²) in [6, 6.07) is 0. The van der Waals surface area contributed by atoms with E-state index in [0.29, 0.717) is 0 Å². The van der Waals surface area contributed by atoms with E-state index in [9.17, 15) is 4.79 Å². The molecule has 3 heteroatoms. The lowest BCUT2D eigenvalue weighted by Gasteiger charge is -2.16. The first kappa shape index (κ1) is 9.53. The molecule has 1 atom stereocenters. The highest BCUT2D eigenvalue weighted by molar-refractivity contribution is 6.37. The molecule has 1 unspecified atom stereocenters. The van der Waals surface area contributed by atoms with Crippen LogP contribution in [0.5, 0.6) is 0 Å². The predicted molar refractivity (Wildman–Crippen MR) is 44.1 cm³/mol. The molecule has 0 aromatic carbocycles. The zero-order valence-corrected chi connectivity index (χ0v) is 6.98. The van der Waals surface area contributed by atoms with E-state index < -0.39 is 0 Å². The van der Waals surface area contributed by atoms with E-state index in [0.717, 1.165) is 12.8 Å². The first-order valence-electron chi connectivity index (χ1n) is 3.90. The molecule has 1 aliphatic heterocycles. The lowest BCUT2D eigenvalue weighted by Crippen LogP contribution is -2.38. The van der Waals surface area contributed by atoms with Gasteiger partial charge in [0.05, 0.1) is 0 Å². The Morgan fingerprint density at radius 2 is 2.20 bits per heavy atom. The summed E-state index contributed by atoms with van der Waals surface area (Å²) in [7, 11) is 2.09. The van der Waals surface area contributed by atoms with Gasteiger partial charge in [-0.1, -0.05) is 27.1 Å². The molecule has 1 saturated heterocycles. The molecule has 1 rings (SSSR count). The number of rotatable bonds is 0. The van der Waals surface area contributed by atoms with Crippen molar-refractivity contribution in [3.8, 4) is 0 Å². The smallest absolute Gasteiger partial charge is 0.221 e. The minimum atomic E-state index is 0.188. The van der Waals surface area contributed by atoms with Crippen molar-refractivity contribution in [2.45, 2.75) is 27.1 Å². The molecule has 1 fully saturated rings.